The van der Waals surface area contributed by atoms with Gasteiger partial charge in [0.1, 0.15) is 11.6 Å². The van der Waals surface area contributed by atoms with Crippen LogP contribution >= 0.6 is 0 Å². The summed E-state index contributed by atoms with van der Waals surface area (Å²) in [5, 5.41) is 11.4. The van der Waals surface area contributed by atoms with Gasteiger partial charge >= 0.3 is 0 Å². The quantitative estimate of drug-likeness (QED) is 0.375. The molecule has 18 heavy (non-hydrogen) atoms. The van der Waals surface area contributed by atoms with Crippen LogP contribution in [0.25, 0.3) is 0 Å². The predicted molar refractivity (Wildman–Crippen MR) is 72.6 cm³/mol. The molecule has 4 heteroatoms. The number of nitrogens with zero attached hydrogens (tertiary/aromatic N) is 2. The van der Waals surface area contributed by atoms with E-state index in [-0.39, 0.29) is 0 Å². The van der Waals surface area contributed by atoms with E-state index < -0.39 is 0 Å². The molecule has 0 radical (unpaired) electrons. The SMILES string of the molecule is COc1ccc(C(=NCCC(C)C)NC#N)cc1. The van der Waals surface area contributed by atoms with Gasteiger partial charge in [-0.25, -0.2) is 0 Å². The van der Waals surface area contributed by atoms with Gasteiger partial charge in [0.25, 0.3) is 0 Å². The minimum atomic E-state index is 0.605. The number of amidine groups is 1. The summed E-state index contributed by atoms with van der Waals surface area (Å²) in [6.07, 6.45) is 2.93. The lowest BCUT2D eigenvalue weighted by molar-refractivity contribution is 0.415. The molecule has 1 rings (SSSR count). The highest BCUT2D eigenvalue weighted by Crippen LogP contribution is 2.11. The zero-order valence-corrected chi connectivity index (χ0v) is 11.1. The molecule has 1 aromatic carbocycles. The smallest absolute Gasteiger partial charge is 0.182 e. The zero-order valence-electron chi connectivity index (χ0n) is 11.1. The molecule has 0 fully saturated rings. The maximum Gasteiger partial charge on any atom is 0.182 e. The Balaban J connectivity index is 2.79. The van der Waals surface area contributed by atoms with E-state index >= 15 is 0 Å². The second kappa shape index (κ2) is 7.33. The van der Waals surface area contributed by atoms with Crippen molar-refractivity contribution in [1.29, 1.82) is 5.26 Å². The van der Waals surface area contributed by atoms with Gasteiger partial charge < -0.3 is 4.74 Å². The average molecular weight is 245 g/mol. The van der Waals surface area contributed by atoms with Gasteiger partial charge in [-0.05, 0) is 36.6 Å². The number of nitriles is 1. The third-order valence-electron chi connectivity index (χ3n) is 2.51. The first kappa shape index (κ1) is 14.0. The van der Waals surface area contributed by atoms with E-state index in [1.54, 1.807) is 7.11 Å². The summed E-state index contributed by atoms with van der Waals surface area (Å²) in [7, 11) is 1.63. The number of benzene rings is 1. The van der Waals surface area contributed by atoms with Crippen LogP contribution in [0.4, 0.5) is 0 Å². The third-order valence-corrected chi connectivity index (χ3v) is 2.51. The summed E-state index contributed by atoms with van der Waals surface area (Å²) >= 11 is 0. The number of rotatable bonds is 5. The highest BCUT2D eigenvalue weighted by molar-refractivity contribution is 5.99. The largest absolute Gasteiger partial charge is 0.497 e. The minimum absolute atomic E-state index is 0.605. The second-order valence-corrected chi connectivity index (χ2v) is 4.38. The summed E-state index contributed by atoms with van der Waals surface area (Å²) in [4.78, 5) is 4.42. The first-order valence-corrected chi connectivity index (χ1v) is 6.01. The van der Waals surface area contributed by atoms with Crippen molar-refractivity contribution in [2.24, 2.45) is 10.9 Å². The standard InChI is InChI=1S/C14H19N3O/c1-11(2)8-9-16-14(17-10-15)12-4-6-13(18-3)7-5-12/h4-7,11H,8-9H2,1-3H3,(H,16,17). The highest BCUT2D eigenvalue weighted by Gasteiger charge is 2.03. The fourth-order valence-corrected chi connectivity index (χ4v) is 1.44. The van der Waals surface area contributed by atoms with E-state index in [2.05, 4.69) is 24.2 Å². The Labute approximate surface area is 108 Å². The summed E-state index contributed by atoms with van der Waals surface area (Å²) in [5.41, 5.74) is 0.890. The first-order chi connectivity index (χ1) is 8.67. The minimum Gasteiger partial charge on any atom is -0.497 e. The van der Waals surface area contributed by atoms with Crippen LogP contribution in [0.2, 0.25) is 0 Å². The molecule has 0 aromatic heterocycles. The fourth-order valence-electron chi connectivity index (χ4n) is 1.44. The Hall–Kier alpha value is -2.02. The van der Waals surface area contributed by atoms with Crippen molar-refractivity contribution in [2.45, 2.75) is 20.3 Å². The molecule has 1 aromatic rings. The molecular weight excluding hydrogens is 226 g/mol. The molecular formula is C14H19N3O. The van der Waals surface area contributed by atoms with Gasteiger partial charge in [-0.15, -0.1) is 0 Å². The lowest BCUT2D eigenvalue weighted by atomic mass is 10.1. The molecule has 0 aliphatic heterocycles. The molecule has 1 N–H and O–H groups in total. The van der Waals surface area contributed by atoms with Crippen molar-refractivity contribution in [3.8, 4) is 11.9 Å². The van der Waals surface area contributed by atoms with Crippen molar-refractivity contribution in [3.05, 3.63) is 29.8 Å². The maximum atomic E-state index is 8.74. The fraction of sp³-hybridized carbons (Fsp3) is 0.429. The van der Waals surface area contributed by atoms with Crippen LogP contribution in [0.1, 0.15) is 25.8 Å². The van der Waals surface area contributed by atoms with Crippen molar-refractivity contribution in [2.75, 3.05) is 13.7 Å². The van der Waals surface area contributed by atoms with Gasteiger partial charge in [0.15, 0.2) is 6.19 Å². The molecule has 0 amide bonds. The zero-order chi connectivity index (χ0) is 13.4. The Kier molecular flexibility index (Phi) is 5.72. The van der Waals surface area contributed by atoms with Crippen molar-refractivity contribution in [1.82, 2.24) is 5.32 Å². The van der Waals surface area contributed by atoms with Gasteiger partial charge in [-0.2, -0.15) is 5.26 Å². The normalized spacial score (nSPS) is 11.2. The molecule has 0 aliphatic rings. The number of ether oxygens (including phenoxy) is 1. The monoisotopic (exact) mass is 245 g/mol. The number of hydrogen-bond acceptors (Lipinski definition) is 3. The third kappa shape index (κ3) is 4.46. The number of nitrogens with one attached hydrogen (secondary N) is 1. The average Bonchev–Trinajstić information content (AvgIpc) is 2.37. The second-order valence-electron chi connectivity index (χ2n) is 4.38. The van der Waals surface area contributed by atoms with Gasteiger partial charge in [0.05, 0.1) is 7.11 Å². The van der Waals surface area contributed by atoms with Crippen LogP contribution in [0.15, 0.2) is 29.3 Å². The van der Waals surface area contributed by atoms with Crippen LogP contribution in [0.5, 0.6) is 5.75 Å². The molecule has 4 nitrogen and oxygen atoms in total. The Morgan fingerprint density at radius 3 is 2.56 bits per heavy atom. The van der Waals surface area contributed by atoms with E-state index in [0.717, 1.165) is 17.7 Å². The molecule has 0 saturated heterocycles. The number of hydrogen-bond donors (Lipinski definition) is 1. The molecule has 96 valence electrons. The molecule has 0 heterocycles. The van der Waals surface area contributed by atoms with E-state index in [1.807, 2.05) is 30.5 Å². The van der Waals surface area contributed by atoms with Gasteiger partial charge in [0, 0.05) is 12.1 Å². The maximum absolute atomic E-state index is 8.74. The van der Waals surface area contributed by atoms with E-state index in [9.17, 15) is 0 Å². The van der Waals surface area contributed by atoms with Crippen LogP contribution < -0.4 is 10.1 Å². The van der Waals surface area contributed by atoms with Gasteiger partial charge in [0.2, 0.25) is 0 Å². The summed E-state index contributed by atoms with van der Waals surface area (Å²) in [6.45, 7) is 5.02. The van der Waals surface area contributed by atoms with Crippen molar-refractivity contribution in [3.63, 3.8) is 0 Å². The van der Waals surface area contributed by atoms with Crippen LogP contribution in [-0.4, -0.2) is 19.5 Å². The lowest BCUT2D eigenvalue weighted by Gasteiger charge is -2.06. The van der Waals surface area contributed by atoms with Crippen molar-refractivity contribution >= 4 is 5.84 Å². The Bertz CT molecular complexity index is 429. The van der Waals surface area contributed by atoms with E-state index in [0.29, 0.717) is 18.3 Å². The topological polar surface area (TPSA) is 57.4 Å². The first-order valence-electron chi connectivity index (χ1n) is 6.01. The van der Waals surface area contributed by atoms with Gasteiger partial charge in [-0.3, -0.25) is 10.3 Å². The molecule has 0 bridgehead atoms. The van der Waals surface area contributed by atoms with E-state index in [1.165, 1.54) is 0 Å². The summed E-state index contributed by atoms with van der Waals surface area (Å²) in [5.74, 6) is 2.01. The molecule has 0 aliphatic carbocycles. The van der Waals surface area contributed by atoms with Crippen LogP contribution in [0, 0.1) is 17.4 Å². The number of aliphatic imine (C=N–C) groups is 1. The Morgan fingerprint density at radius 1 is 1.39 bits per heavy atom. The molecule has 0 saturated carbocycles. The predicted octanol–water partition coefficient (Wildman–Crippen LogP) is 2.56. The van der Waals surface area contributed by atoms with E-state index in [4.69, 9.17) is 10.00 Å². The molecule has 0 spiro atoms. The summed E-state index contributed by atoms with van der Waals surface area (Å²) < 4.78 is 5.10. The van der Waals surface area contributed by atoms with Crippen LogP contribution in [0.3, 0.4) is 0 Å². The molecule has 0 unspecified atom stereocenters. The summed E-state index contributed by atoms with van der Waals surface area (Å²) in [6, 6.07) is 7.48. The number of methoxy groups -OCH3 is 1. The van der Waals surface area contributed by atoms with Gasteiger partial charge in [-0.1, -0.05) is 13.8 Å². The highest BCUT2D eigenvalue weighted by atomic mass is 16.5. The Morgan fingerprint density at radius 2 is 2.06 bits per heavy atom. The lowest BCUT2D eigenvalue weighted by Crippen LogP contribution is -2.19. The van der Waals surface area contributed by atoms with Crippen molar-refractivity contribution < 1.29 is 4.74 Å². The molecule has 0 atom stereocenters. The van der Waals surface area contributed by atoms with Crippen LogP contribution in [-0.2, 0) is 0 Å².